The summed E-state index contributed by atoms with van der Waals surface area (Å²) >= 11 is 0. The molecule has 3 fully saturated rings. The van der Waals surface area contributed by atoms with Crippen LogP contribution in [-0.4, -0.2) is 72.6 Å². The molecule has 190 valence electrons. The predicted octanol–water partition coefficient (Wildman–Crippen LogP) is 2.61. The molecule has 1 aromatic heterocycles. The van der Waals surface area contributed by atoms with Crippen LogP contribution in [0, 0.1) is 17.7 Å². The number of methoxy groups -OCH3 is 1. The SMILES string of the molecule is COC(=O)N1[C@H](CO[C@H]2CC[C@]3(c4ncc(F)cn4)[C@H](C2)[C@@H]3C)[C@H](NS(=O)(=O)C(C)C)C[C@@H]1C. The second-order valence-corrected chi connectivity index (χ2v) is 12.5. The Kier molecular flexibility index (Phi) is 6.91. The van der Waals surface area contributed by atoms with Crippen molar-refractivity contribution in [3.8, 4) is 0 Å². The Bertz CT molecular complexity index is 1010. The summed E-state index contributed by atoms with van der Waals surface area (Å²) in [6.45, 7) is 7.53. The van der Waals surface area contributed by atoms with Crippen LogP contribution in [0.2, 0.25) is 0 Å². The maximum atomic E-state index is 13.3. The van der Waals surface area contributed by atoms with E-state index < -0.39 is 39.3 Å². The fraction of sp³-hybridized carbons (Fsp3) is 0.783. The van der Waals surface area contributed by atoms with Crippen LogP contribution in [0.5, 0.6) is 0 Å². The van der Waals surface area contributed by atoms with E-state index in [4.69, 9.17) is 9.47 Å². The van der Waals surface area contributed by atoms with Crippen molar-refractivity contribution in [2.45, 2.75) is 88.3 Å². The molecular formula is C23H35FN4O5S. The third-order valence-electron chi connectivity index (χ3n) is 8.12. The number of hydrogen-bond acceptors (Lipinski definition) is 7. The monoisotopic (exact) mass is 498 g/mol. The number of amides is 1. The highest BCUT2D eigenvalue weighted by Crippen LogP contribution is 2.66. The van der Waals surface area contributed by atoms with Gasteiger partial charge in [0.15, 0.2) is 5.82 Å². The topological polar surface area (TPSA) is 111 Å². The fourth-order valence-corrected chi connectivity index (χ4v) is 6.97. The zero-order valence-corrected chi connectivity index (χ0v) is 21.2. The highest BCUT2D eigenvalue weighted by atomic mass is 32.2. The molecule has 7 atom stereocenters. The molecule has 2 aliphatic carbocycles. The Morgan fingerprint density at radius 2 is 1.97 bits per heavy atom. The first kappa shape index (κ1) is 25.2. The van der Waals surface area contributed by atoms with E-state index in [-0.39, 0.29) is 24.2 Å². The molecule has 11 heteroatoms. The molecule has 4 rings (SSSR count). The second kappa shape index (κ2) is 9.31. The van der Waals surface area contributed by atoms with Gasteiger partial charge in [0.2, 0.25) is 10.0 Å². The number of aromatic nitrogens is 2. The molecule has 0 aromatic carbocycles. The van der Waals surface area contributed by atoms with Gasteiger partial charge in [-0.3, -0.25) is 4.90 Å². The van der Waals surface area contributed by atoms with E-state index in [1.165, 1.54) is 19.5 Å². The first-order valence-corrected chi connectivity index (χ1v) is 13.5. The molecular weight excluding hydrogens is 463 g/mol. The van der Waals surface area contributed by atoms with Crippen molar-refractivity contribution < 1.29 is 27.1 Å². The normalized spacial score (nSPS) is 35.3. The number of likely N-dealkylation sites (tertiary alicyclic amines) is 1. The van der Waals surface area contributed by atoms with Crippen molar-refractivity contribution in [2.24, 2.45) is 11.8 Å². The van der Waals surface area contributed by atoms with Crippen LogP contribution >= 0.6 is 0 Å². The Morgan fingerprint density at radius 1 is 1.29 bits per heavy atom. The quantitative estimate of drug-likeness (QED) is 0.615. The van der Waals surface area contributed by atoms with Crippen LogP contribution in [0.1, 0.15) is 59.2 Å². The summed E-state index contributed by atoms with van der Waals surface area (Å²) in [5.74, 6) is 1.00. The number of nitrogens with zero attached hydrogens (tertiary/aromatic N) is 3. The van der Waals surface area contributed by atoms with Gasteiger partial charge in [-0.2, -0.15) is 0 Å². The summed E-state index contributed by atoms with van der Waals surface area (Å²) in [7, 11) is -2.19. The van der Waals surface area contributed by atoms with Gasteiger partial charge in [-0.05, 0) is 58.3 Å². The number of carbonyl (C=O) groups excluding carboxylic acids is 1. The number of nitrogens with one attached hydrogen (secondary N) is 1. The lowest BCUT2D eigenvalue weighted by molar-refractivity contribution is -0.0103. The second-order valence-electron chi connectivity index (χ2n) is 10.2. The number of sulfonamides is 1. The van der Waals surface area contributed by atoms with E-state index in [0.29, 0.717) is 24.1 Å². The van der Waals surface area contributed by atoms with Crippen molar-refractivity contribution in [2.75, 3.05) is 13.7 Å². The maximum absolute atomic E-state index is 13.3. The molecule has 1 saturated heterocycles. The predicted molar refractivity (Wildman–Crippen MR) is 123 cm³/mol. The van der Waals surface area contributed by atoms with Gasteiger partial charge in [-0.25, -0.2) is 32.3 Å². The number of hydrogen-bond donors (Lipinski definition) is 1. The Morgan fingerprint density at radius 3 is 2.56 bits per heavy atom. The number of ether oxygens (including phenoxy) is 2. The van der Waals surface area contributed by atoms with Crippen molar-refractivity contribution in [3.05, 3.63) is 24.0 Å². The summed E-state index contributed by atoms with van der Waals surface area (Å²) in [5.41, 5.74) is -0.122. The molecule has 0 radical (unpaired) electrons. The Hall–Kier alpha value is -1.85. The summed E-state index contributed by atoms with van der Waals surface area (Å²) in [6, 6.07) is -1.09. The van der Waals surface area contributed by atoms with Gasteiger partial charge in [0.05, 0.1) is 43.5 Å². The van der Waals surface area contributed by atoms with E-state index in [1.807, 2.05) is 6.92 Å². The van der Waals surface area contributed by atoms with Gasteiger partial charge in [0, 0.05) is 17.5 Å². The van der Waals surface area contributed by atoms with E-state index in [9.17, 15) is 17.6 Å². The molecule has 9 nitrogen and oxygen atoms in total. The van der Waals surface area contributed by atoms with Crippen LogP contribution in [0.4, 0.5) is 9.18 Å². The zero-order chi connectivity index (χ0) is 24.8. The average molecular weight is 499 g/mol. The van der Waals surface area contributed by atoms with Crippen molar-refractivity contribution in [1.29, 1.82) is 0 Å². The average Bonchev–Trinajstić information content (AvgIpc) is 3.26. The van der Waals surface area contributed by atoms with E-state index in [2.05, 4.69) is 21.6 Å². The molecule has 1 aliphatic heterocycles. The minimum atomic E-state index is -3.51. The number of fused-ring (bicyclic) bond motifs is 1. The first-order chi connectivity index (χ1) is 16.0. The Balaban J connectivity index is 1.43. The third-order valence-corrected chi connectivity index (χ3v) is 9.99. The van der Waals surface area contributed by atoms with E-state index in [0.717, 1.165) is 19.3 Å². The van der Waals surface area contributed by atoms with Crippen LogP contribution in [0.25, 0.3) is 0 Å². The van der Waals surface area contributed by atoms with Gasteiger partial charge < -0.3 is 9.47 Å². The molecule has 1 N–H and O–H groups in total. The number of carbonyl (C=O) groups is 1. The summed E-state index contributed by atoms with van der Waals surface area (Å²) in [6.07, 6.45) is 4.91. The van der Waals surface area contributed by atoms with Gasteiger partial charge in [-0.1, -0.05) is 6.92 Å². The molecule has 1 aromatic rings. The van der Waals surface area contributed by atoms with Crippen molar-refractivity contribution >= 4 is 16.1 Å². The lowest BCUT2D eigenvalue weighted by Crippen LogP contribution is -2.51. The van der Waals surface area contributed by atoms with Crippen LogP contribution in [-0.2, 0) is 24.9 Å². The highest BCUT2D eigenvalue weighted by molar-refractivity contribution is 7.90. The molecule has 0 unspecified atom stereocenters. The fourth-order valence-electron chi connectivity index (χ4n) is 6.02. The van der Waals surface area contributed by atoms with Crippen LogP contribution < -0.4 is 4.72 Å². The molecule has 1 amide bonds. The molecule has 3 aliphatic rings. The summed E-state index contributed by atoms with van der Waals surface area (Å²) < 4.78 is 52.4. The lowest BCUT2D eigenvalue weighted by Gasteiger charge is -2.32. The largest absolute Gasteiger partial charge is 0.453 e. The lowest BCUT2D eigenvalue weighted by atomic mass is 9.85. The van der Waals surface area contributed by atoms with Crippen LogP contribution in [0.3, 0.4) is 0 Å². The standard InChI is InChI=1S/C23H35FN4O5S/c1-13(2)34(30,31)27-19-8-14(3)28(22(29)32-5)20(19)12-33-17-6-7-23(15(4)18(23)9-17)21-25-10-16(24)11-26-21/h10-11,13-15,17-20,27H,6-9,12H2,1-5H3/t14-,15-,17-,18+,19+,20+,23+/m0/s1. The zero-order valence-electron chi connectivity index (χ0n) is 20.4. The minimum Gasteiger partial charge on any atom is -0.453 e. The number of halogens is 1. The minimum absolute atomic E-state index is 0.0127. The number of rotatable bonds is 7. The highest BCUT2D eigenvalue weighted by Gasteiger charge is 2.66. The smallest absolute Gasteiger partial charge is 0.410 e. The van der Waals surface area contributed by atoms with Crippen molar-refractivity contribution in [3.63, 3.8) is 0 Å². The van der Waals surface area contributed by atoms with Gasteiger partial charge in [0.1, 0.15) is 5.82 Å². The third kappa shape index (κ3) is 4.42. The summed E-state index contributed by atoms with van der Waals surface area (Å²) in [4.78, 5) is 22.6. The van der Waals surface area contributed by atoms with Crippen LogP contribution in [0.15, 0.2) is 12.4 Å². The first-order valence-electron chi connectivity index (χ1n) is 12.0. The van der Waals surface area contributed by atoms with Gasteiger partial charge in [0.25, 0.3) is 0 Å². The maximum Gasteiger partial charge on any atom is 0.410 e. The van der Waals surface area contributed by atoms with Gasteiger partial charge in [-0.15, -0.1) is 0 Å². The van der Waals surface area contributed by atoms with Gasteiger partial charge >= 0.3 is 6.09 Å². The molecule has 2 heterocycles. The molecule has 34 heavy (non-hydrogen) atoms. The summed E-state index contributed by atoms with van der Waals surface area (Å²) in [5, 5.41) is -0.576. The Labute approximate surface area is 200 Å². The molecule has 0 bridgehead atoms. The molecule has 0 spiro atoms. The molecule has 2 saturated carbocycles. The van der Waals surface area contributed by atoms with E-state index in [1.54, 1.807) is 18.7 Å². The van der Waals surface area contributed by atoms with E-state index >= 15 is 0 Å². The van der Waals surface area contributed by atoms with Crippen molar-refractivity contribution in [1.82, 2.24) is 19.6 Å².